The van der Waals surface area contributed by atoms with Crippen LogP contribution in [0.1, 0.15) is 48.3 Å². The summed E-state index contributed by atoms with van der Waals surface area (Å²) in [4.78, 5) is 28.3. The van der Waals surface area contributed by atoms with Gasteiger partial charge in [-0.15, -0.1) is 0 Å². The van der Waals surface area contributed by atoms with Gasteiger partial charge in [0.2, 0.25) is 5.78 Å². The molecule has 0 bridgehead atoms. The lowest BCUT2D eigenvalue weighted by atomic mass is 9.78. The first-order valence-electron chi connectivity index (χ1n) is 6.26. The molecule has 98 valence electrons. The van der Waals surface area contributed by atoms with Crippen LogP contribution in [0.4, 0.5) is 0 Å². The molecule has 1 heterocycles. The number of rotatable bonds is 1. The molecule has 1 unspecified atom stereocenters. The lowest BCUT2D eigenvalue weighted by Crippen LogP contribution is -2.33. The molecule has 0 fully saturated rings. The van der Waals surface area contributed by atoms with E-state index < -0.39 is 17.5 Å². The van der Waals surface area contributed by atoms with Crippen LogP contribution >= 0.6 is 0 Å². The standard InChI is InChI=1S/C14H14N2O3/c1-6(2)14-16-10-12(18)11(17)7-4-3-5-8(15)9(7)13(10)19-14/h3,5-7H,4,15H2,1-2H3. The highest BCUT2D eigenvalue weighted by Crippen LogP contribution is 2.40. The second-order valence-corrected chi connectivity index (χ2v) is 5.14. The molecule has 0 saturated heterocycles. The van der Waals surface area contributed by atoms with Crippen LogP contribution < -0.4 is 5.73 Å². The van der Waals surface area contributed by atoms with Crippen LogP contribution in [-0.2, 0) is 4.79 Å². The SMILES string of the molecule is CC(C)c1nc2c(o1)C1=C(N)C=CCC1C(=O)C2=O. The summed E-state index contributed by atoms with van der Waals surface area (Å²) < 4.78 is 5.67. The van der Waals surface area contributed by atoms with Gasteiger partial charge in [0, 0.05) is 17.2 Å². The predicted molar refractivity (Wildman–Crippen MR) is 68.3 cm³/mol. The summed E-state index contributed by atoms with van der Waals surface area (Å²) in [6.45, 7) is 3.83. The summed E-state index contributed by atoms with van der Waals surface area (Å²) in [6.07, 6.45) is 4.04. The highest BCUT2D eigenvalue weighted by Gasteiger charge is 2.43. The maximum Gasteiger partial charge on any atom is 0.251 e. The fourth-order valence-electron chi connectivity index (χ4n) is 2.46. The third kappa shape index (κ3) is 1.58. The Labute approximate surface area is 110 Å². The maximum atomic E-state index is 12.1. The monoisotopic (exact) mass is 258 g/mol. The van der Waals surface area contributed by atoms with Crippen molar-refractivity contribution in [3.63, 3.8) is 0 Å². The molecule has 5 nitrogen and oxygen atoms in total. The predicted octanol–water partition coefficient (Wildman–Crippen LogP) is 1.81. The van der Waals surface area contributed by atoms with E-state index in [0.29, 0.717) is 29.3 Å². The van der Waals surface area contributed by atoms with E-state index >= 15 is 0 Å². The normalized spacial score (nSPS) is 21.9. The molecule has 1 aromatic rings. The summed E-state index contributed by atoms with van der Waals surface area (Å²) in [7, 11) is 0. The number of Topliss-reactive ketones (excluding diaryl/α,β-unsaturated/α-hetero) is 2. The number of fused-ring (bicyclic) bond motifs is 3. The molecule has 1 atom stereocenters. The van der Waals surface area contributed by atoms with Gasteiger partial charge < -0.3 is 10.2 Å². The van der Waals surface area contributed by atoms with Crippen LogP contribution in [0.2, 0.25) is 0 Å². The van der Waals surface area contributed by atoms with E-state index in [-0.39, 0.29) is 11.6 Å². The summed E-state index contributed by atoms with van der Waals surface area (Å²) in [5.41, 5.74) is 7.14. The van der Waals surface area contributed by atoms with Gasteiger partial charge in [-0.1, -0.05) is 19.9 Å². The molecule has 0 spiro atoms. The fourth-order valence-corrected chi connectivity index (χ4v) is 2.46. The molecular formula is C14H14N2O3. The number of carbonyl (C=O) groups is 2. The first-order chi connectivity index (χ1) is 9.00. The number of ketones is 2. The van der Waals surface area contributed by atoms with Gasteiger partial charge in [0.05, 0.1) is 5.92 Å². The summed E-state index contributed by atoms with van der Waals surface area (Å²) in [6, 6.07) is 0. The van der Waals surface area contributed by atoms with E-state index in [1.54, 1.807) is 12.2 Å². The molecule has 19 heavy (non-hydrogen) atoms. The average molecular weight is 258 g/mol. The van der Waals surface area contributed by atoms with Crippen molar-refractivity contribution < 1.29 is 14.0 Å². The molecule has 3 rings (SSSR count). The van der Waals surface area contributed by atoms with Gasteiger partial charge in [0.25, 0.3) is 5.78 Å². The summed E-state index contributed by atoms with van der Waals surface area (Å²) >= 11 is 0. The molecular weight excluding hydrogens is 244 g/mol. The Morgan fingerprint density at radius 3 is 2.84 bits per heavy atom. The zero-order valence-corrected chi connectivity index (χ0v) is 10.8. The third-order valence-electron chi connectivity index (χ3n) is 3.47. The Morgan fingerprint density at radius 2 is 2.16 bits per heavy atom. The second-order valence-electron chi connectivity index (χ2n) is 5.14. The van der Waals surface area contributed by atoms with Crippen molar-refractivity contribution in [2.24, 2.45) is 11.7 Å². The van der Waals surface area contributed by atoms with Gasteiger partial charge in [0.15, 0.2) is 17.3 Å². The van der Waals surface area contributed by atoms with E-state index in [1.165, 1.54) is 0 Å². The first-order valence-corrected chi connectivity index (χ1v) is 6.26. The smallest absolute Gasteiger partial charge is 0.251 e. The molecule has 0 aliphatic heterocycles. The van der Waals surface area contributed by atoms with Crippen molar-refractivity contribution in [1.29, 1.82) is 0 Å². The minimum absolute atomic E-state index is 0.0490. The molecule has 0 aromatic carbocycles. The Kier molecular flexibility index (Phi) is 2.45. The maximum absolute atomic E-state index is 12.1. The number of oxazole rings is 1. The number of hydrogen-bond acceptors (Lipinski definition) is 5. The zero-order valence-electron chi connectivity index (χ0n) is 10.8. The van der Waals surface area contributed by atoms with E-state index in [4.69, 9.17) is 10.2 Å². The average Bonchev–Trinajstić information content (AvgIpc) is 2.81. The van der Waals surface area contributed by atoms with Crippen LogP contribution in [0.5, 0.6) is 0 Å². The molecule has 1 aromatic heterocycles. The topological polar surface area (TPSA) is 86.2 Å². The van der Waals surface area contributed by atoms with Crippen molar-refractivity contribution in [2.45, 2.75) is 26.2 Å². The molecule has 2 aliphatic rings. The van der Waals surface area contributed by atoms with Crippen molar-refractivity contribution in [2.75, 3.05) is 0 Å². The summed E-state index contributed by atoms with van der Waals surface area (Å²) in [5, 5.41) is 0. The van der Waals surface area contributed by atoms with E-state index in [0.717, 1.165) is 0 Å². The van der Waals surface area contributed by atoms with Crippen LogP contribution in [0.25, 0.3) is 5.57 Å². The Balaban J connectivity index is 2.27. The molecule has 2 aliphatic carbocycles. The molecule has 0 radical (unpaired) electrons. The Morgan fingerprint density at radius 1 is 1.42 bits per heavy atom. The molecule has 0 saturated carbocycles. The molecule has 0 amide bonds. The van der Waals surface area contributed by atoms with Crippen molar-refractivity contribution >= 4 is 17.1 Å². The highest BCUT2D eigenvalue weighted by molar-refractivity contribution is 6.47. The number of hydrogen-bond donors (Lipinski definition) is 1. The van der Waals surface area contributed by atoms with Gasteiger partial charge in [0.1, 0.15) is 0 Å². The van der Waals surface area contributed by atoms with Crippen LogP contribution in [0, 0.1) is 5.92 Å². The second kappa shape index (κ2) is 3.91. The van der Waals surface area contributed by atoms with E-state index in [9.17, 15) is 9.59 Å². The van der Waals surface area contributed by atoms with Gasteiger partial charge >= 0.3 is 0 Å². The minimum atomic E-state index is -0.567. The lowest BCUT2D eigenvalue weighted by molar-refractivity contribution is -0.117. The quantitative estimate of drug-likeness (QED) is 0.776. The van der Waals surface area contributed by atoms with Gasteiger partial charge in [-0.05, 0) is 12.5 Å². The Hall–Kier alpha value is -2.17. The first kappa shape index (κ1) is 11.9. The molecule has 5 heteroatoms. The van der Waals surface area contributed by atoms with Crippen LogP contribution in [0.3, 0.4) is 0 Å². The third-order valence-corrected chi connectivity index (χ3v) is 3.47. The Bertz CT molecular complexity index is 650. The number of nitrogens with two attached hydrogens (primary N) is 1. The number of carbonyl (C=O) groups excluding carboxylic acids is 2. The van der Waals surface area contributed by atoms with Gasteiger partial charge in [-0.2, -0.15) is 0 Å². The zero-order chi connectivity index (χ0) is 13.7. The van der Waals surface area contributed by atoms with E-state index in [2.05, 4.69) is 4.98 Å². The van der Waals surface area contributed by atoms with Crippen LogP contribution in [-0.4, -0.2) is 16.6 Å². The molecule has 2 N–H and O–H groups in total. The highest BCUT2D eigenvalue weighted by atomic mass is 16.4. The van der Waals surface area contributed by atoms with Gasteiger partial charge in [-0.25, -0.2) is 4.98 Å². The lowest BCUT2D eigenvalue weighted by Gasteiger charge is -2.24. The van der Waals surface area contributed by atoms with Crippen molar-refractivity contribution in [3.8, 4) is 0 Å². The van der Waals surface area contributed by atoms with Crippen molar-refractivity contribution in [1.82, 2.24) is 4.98 Å². The number of aromatic nitrogens is 1. The van der Waals surface area contributed by atoms with Gasteiger partial charge in [-0.3, -0.25) is 9.59 Å². The number of allylic oxidation sites excluding steroid dienone is 3. The minimum Gasteiger partial charge on any atom is -0.440 e. The largest absolute Gasteiger partial charge is 0.440 e. The van der Waals surface area contributed by atoms with E-state index in [1.807, 2.05) is 13.8 Å². The van der Waals surface area contributed by atoms with Crippen LogP contribution in [0.15, 0.2) is 22.3 Å². The fraction of sp³-hybridized carbons (Fsp3) is 0.357. The summed E-state index contributed by atoms with van der Waals surface area (Å²) in [5.74, 6) is -0.645. The van der Waals surface area contributed by atoms with Crippen molar-refractivity contribution in [3.05, 3.63) is 35.2 Å². The number of nitrogens with zero attached hydrogens (tertiary/aromatic N) is 1.